The van der Waals surface area contributed by atoms with E-state index in [1.807, 2.05) is 37.3 Å². The molecule has 0 bridgehead atoms. The molecule has 0 radical (unpaired) electrons. The molecule has 1 N–H and O–H groups in total. The Labute approximate surface area is 160 Å². The van der Waals surface area contributed by atoms with Crippen molar-refractivity contribution in [2.75, 3.05) is 0 Å². The van der Waals surface area contributed by atoms with Crippen molar-refractivity contribution in [3.63, 3.8) is 0 Å². The van der Waals surface area contributed by atoms with Gasteiger partial charge >= 0.3 is 0 Å². The van der Waals surface area contributed by atoms with E-state index < -0.39 is 0 Å². The van der Waals surface area contributed by atoms with E-state index >= 15 is 0 Å². The second kappa shape index (κ2) is 6.92. The molecule has 0 saturated carbocycles. The smallest absolute Gasteiger partial charge is 0.155 e. The third-order valence-corrected chi connectivity index (χ3v) is 4.82. The van der Waals surface area contributed by atoms with Gasteiger partial charge in [-0.2, -0.15) is 5.10 Å². The van der Waals surface area contributed by atoms with Gasteiger partial charge in [-0.1, -0.05) is 47.1 Å². The van der Waals surface area contributed by atoms with Gasteiger partial charge in [0.1, 0.15) is 11.5 Å². The van der Waals surface area contributed by atoms with Crippen LogP contribution in [0.3, 0.4) is 0 Å². The minimum atomic E-state index is 0.715. The molecule has 1 aliphatic rings. The van der Waals surface area contributed by atoms with Crippen molar-refractivity contribution in [1.82, 2.24) is 5.43 Å². The summed E-state index contributed by atoms with van der Waals surface area (Å²) in [7, 11) is 0. The number of furan rings is 1. The summed E-state index contributed by atoms with van der Waals surface area (Å²) in [5.41, 5.74) is 7.91. The quantitative estimate of drug-likeness (QED) is 0.636. The van der Waals surface area contributed by atoms with Gasteiger partial charge in [-0.15, -0.1) is 0 Å². The standard InChI is InChI=1S/C21H18BrN3O/c1-3-14-5-7-15(8-6-14)21-23-18-10-9-16(22)12-17(18)20(24-25-21)19-11-4-13(2)26-19/h4-12H,3H2,1-2H3,(H,23,25). The summed E-state index contributed by atoms with van der Waals surface area (Å²) in [4.78, 5) is 4.82. The maximum absolute atomic E-state index is 5.81. The van der Waals surface area contributed by atoms with Crippen LogP contribution in [0.15, 0.2) is 73.6 Å². The van der Waals surface area contributed by atoms with Gasteiger partial charge < -0.3 is 4.42 Å². The van der Waals surface area contributed by atoms with Gasteiger partial charge in [0.15, 0.2) is 11.6 Å². The number of hydrogen-bond acceptors (Lipinski definition) is 4. The summed E-state index contributed by atoms with van der Waals surface area (Å²) < 4.78 is 6.78. The van der Waals surface area contributed by atoms with Crippen molar-refractivity contribution < 1.29 is 4.42 Å². The normalized spacial score (nSPS) is 13.3. The van der Waals surface area contributed by atoms with E-state index in [0.29, 0.717) is 5.76 Å². The zero-order valence-corrected chi connectivity index (χ0v) is 16.2. The van der Waals surface area contributed by atoms with Crippen molar-refractivity contribution in [1.29, 1.82) is 0 Å². The molecular formula is C21H18BrN3O. The molecule has 4 nitrogen and oxygen atoms in total. The largest absolute Gasteiger partial charge is 0.460 e. The molecule has 5 heteroatoms. The van der Waals surface area contributed by atoms with Crippen molar-refractivity contribution in [3.05, 3.63) is 87.3 Å². The number of halogens is 1. The SMILES string of the molecule is CCc1ccc(C2=Nc3ccc(Br)cc3C(c3ccc(C)o3)=NN2)cc1. The van der Waals surface area contributed by atoms with Crippen molar-refractivity contribution in [2.24, 2.45) is 10.1 Å². The molecule has 0 atom stereocenters. The Hall–Kier alpha value is -2.66. The van der Waals surface area contributed by atoms with Crippen LogP contribution in [-0.2, 0) is 6.42 Å². The van der Waals surface area contributed by atoms with Crippen LogP contribution < -0.4 is 5.43 Å². The van der Waals surface area contributed by atoms with Gasteiger partial charge in [-0.25, -0.2) is 4.99 Å². The number of aryl methyl sites for hydroxylation is 2. The van der Waals surface area contributed by atoms with Crippen LogP contribution in [-0.4, -0.2) is 11.5 Å². The van der Waals surface area contributed by atoms with Gasteiger partial charge in [0.25, 0.3) is 0 Å². The molecule has 4 rings (SSSR count). The highest BCUT2D eigenvalue weighted by Crippen LogP contribution is 2.29. The first kappa shape index (κ1) is 16.8. The molecule has 130 valence electrons. The molecule has 2 heterocycles. The lowest BCUT2D eigenvalue weighted by atomic mass is 10.1. The van der Waals surface area contributed by atoms with Crippen LogP contribution in [0.2, 0.25) is 0 Å². The van der Waals surface area contributed by atoms with E-state index in [2.05, 4.69) is 57.6 Å². The minimum Gasteiger partial charge on any atom is -0.460 e. The highest BCUT2D eigenvalue weighted by molar-refractivity contribution is 9.10. The molecule has 0 unspecified atom stereocenters. The van der Waals surface area contributed by atoms with E-state index in [0.717, 1.165) is 45.0 Å². The highest BCUT2D eigenvalue weighted by atomic mass is 79.9. The fraction of sp³-hybridized carbons (Fsp3) is 0.143. The maximum atomic E-state index is 5.81. The molecule has 0 aliphatic carbocycles. The third-order valence-electron chi connectivity index (χ3n) is 4.33. The van der Waals surface area contributed by atoms with E-state index in [1.54, 1.807) is 0 Å². The first-order valence-corrected chi connectivity index (χ1v) is 9.32. The summed E-state index contributed by atoms with van der Waals surface area (Å²) in [6.07, 6.45) is 1.01. The van der Waals surface area contributed by atoms with Crippen LogP contribution in [0, 0.1) is 6.92 Å². The fourth-order valence-electron chi connectivity index (χ4n) is 2.89. The molecule has 0 fully saturated rings. The Kier molecular flexibility index (Phi) is 4.47. The van der Waals surface area contributed by atoms with Crippen LogP contribution in [0.5, 0.6) is 0 Å². The number of hydrazone groups is 1. The summed E-state index contributed by atoms with van der Waals surface area (Å²) in [5.74, 6) is 2.28. The van der Waals surface area contributed by atoms with E-state index in [9.17, 15) is 0 Å². The maximum Gasteiger partial charge on any atom is 0.155 e. The van der Waals surface area contributed by atoms with Crippen molar-refractivity contribution in [2.45, 2.75) is 20.3 Å². The van der Waals surface area contributed by atoms with Gasteiger partial charge in [0.2, 0.25) is 0 Å². The van der Waals surface area contributed by atoms with E-state index in [-0.39, 0.29) is 0 Å². The van der Waals surface area contributed by atoms with Gasteiger partial charge in [0, 0.05) is 15.6 Å². The number of fused-ring (bicyclic) bond motifs is 1. The molecule has 2 aromatic carbocycles. The topological polar surface area (TPSA) is 49.9 Å². The van der Waals surface area contributed by atoms with Crippen molar-refractivity contribution >= 4 is 33.2 Å². The van der Waals surface area contributed by atoms with Crippen LogP contribution in [0.25, 0.3) is 0 Å². The Morgan fingerprint density at radius 3 is 2.54 bits per heavy atom. The van der Waals surface area contributed by atoms with Crippen LogP contribution in [0.1, 0.15) is 35.1 Å². The predicted octanol–water partition coefficient (Wildman–Crippen LogP) is 5.35. The van der Waals surface area contributed by atoms with E-state index in [1.165, 1.54) is 5.56 Å². The first-order chi connectivity index (χ1) is 12.6. The lowest BCUT2D eigenvalue weighted by Gasteiger charge is -2.05. The van der Waals surface area contributed by atoms with Gasteiger partial charge in [-0.05, 0) is 49.2 Å². The molecule has 26 heavy (non-hydrogen) atoms. The number of rotatable bonds is 3. The Morgan fingerprint density at radius 2 is 1.85 bits per heavy atom. The Bertz CT molecular complexity index is 1020. The fourth-order valence-corrected chi connectivity index (χ4v) is 3.25. The van der Waals surface area contributed by atoms with Crippen molar-refractivity contribution in [3.8, 4) is 0 Å². The van der Waals surface area contributed by atoms with Gasteiger partial charge in [-0.3, -0.25) is 5.43 Å². The number of amidine groups is 1. The molecule has 3 aromatic rings. The number of nitrogens with one attached hydrogen (secondary N) is 1. The molecule has 0 spiro atoms. The monoisotopic (exact) mass is 407 g/mol. The minimum absolute atomic E-state index is 0.715. The first-order valence-electron chi connectivity index (χ1n) is 8.52. The van der Waals surface area contributed by atoms with Crippen LogP contribution in [0.4, 0.5) is 5.69 Å². The summed E-state index contributed by atoms with van der Waals surface area (Å²) in [6.45, 7) is 4.07. The lowest BCUT2D eigenvalue weighted by Crippen LogP contribution is -2.19. The molecular weight excluding hydrogens is 390 g/mol. The Balaban J connectivity index is 1.83. The molecule has 0 amide bonds. The Morgan fingerprint density at radius 1 is 1.04 bits per heavy atom. The molecule has 0 saturated heterocycles. The summed E-state index contributed by atoms with van der Waals surface area (Å²) >= 11 is 3.54. The second-order valence-corrected chi connectivity index (χ2v) is 7.07. The van der Waals surface area contributed by atoms with Crippen LogP contribution >= 0.6 is 15.9 Å². The third kappa shape index (κ3) is 3.22. The number of nitrogens with zero attached hydrogens (tertiary/aromatic N) is 2. The second-order valence-electron chi connectivity index (χ2n) is 6.15. The van der Waals surface area contributed by atoms with E-state index in [4.69, 9.17) is 9.41 Å². The number of aliphatic imine (C=N–C) groups is 1. The molecule has 1 aliphatic heterocycles. The summed E-state index contributed by atoms with van der Waals surface area (Å²) in [6, 6.07) is 18.2. The number of hydrogen-bond donors (Lipinski definition) is 1. The van der Waals surface area contributed by atoms with Gasteiger partial charge in [0.05, 0.1) is 5.69 Å². The number of benzene rings is 2. The zero-order valence-electron chi connectivity index (χ0n) is 14.6. The average molecular weight is 408 g/mol. The molecule has 1 aromatic heterocycles. The summed E-state index contributed by atoms with van der Waals surface area (Å²) in [5, 5.41) is 4.61. The zero-order chi connectivity index (χ0) is 18.1. The predicted molar refractivity (Wildman–Crippen MR) is 108 cm³/mol. The lowest BCUT2D eigenvalue weighted by molar-refractivity contribution is 0.525. The highest BCUT2D eigenvalue weighted by Gasteiger charge is 2.19. The average Bonchev–Trinajstić information content (AvgIpc) is 2.99.